The first kappa shape index (κ1) is 14.3. The molecule has 0 heterocycles. The summed E-state index contributed by atoms with van der Waals surface area (Å²) in [4.78, 5) is 12.1. The van der Waals surface area contributed by atoms with Crippen LogP contribution >= 0.6 is 38.5 Å². The van der Waals surface area contributed by atoms with Gasteiger partial charge in [0, 0.05) is 13.7 Å². The number of nitrogens with one attached hydrogen (secondary N) is 1. The highest BCUT2D eigenvalue weighted by atomic mass is 127. The van der Waals surface area contributed by atoms with Crippen LogP contribution in [0.2, 0.25) is 0 Å². The van der Waals surface area contributed by atoms with E-state index in [0.29, 0.717) is 20.5 Å². The van der Waals surface area contributed by atoms with Crippen LogP contribution in [0.4, 0.5) is 15.8 Å². The molecule has 0 fully saturated rings. The van der Waals surface area contributed by atoms with Crippen LogP contribution in [0.5, 0.6) is 0 Å². The largest absolute Gasteiger partial charge is 0.398 e. The molecule has 3 nitrogen and oxygen atoms in total. The summed E-state index contributed by atoms with van der Waals surface area (Å²) in [5.74, 6) is -0.667. The monoisotopic (exact) mass is 434 g/mol. The molecule has 1 amide bonds. The summed E-state index contributed by atoms with van der Waals surface area (Å²) in [5.41, 5.74) is 7.09. The van der Waals surface area contributed by atoms with Gasteiger partial charge in [-0.15, -0.1) is 0 Å². The van der Waals surface area contributed by atoms with Gasteiger partial charge >= 0.3 is 0 Å². The number of anilines is 2. The Morgan fingerprint density at radius 3 is 2.63 bits per heavy atom. The molecule has 3 N–H and O–H groups in total. The molecule has 0 aliphatic rings. The quantitative estimate of drug-likeness (QED) is 0.553. The van der Waals surface area contributed by atoms with Gasteiger partial charge in [0.05, 0.1) is 11.3 Å². The molecule has 0 aliphatic carbocycles. The predicted octanol–water partition coefficient (Wildman–Crippen LogP) is 4.03. The number of benzene rings is 2. The summed E-state index contributed by atoms with van der Waals surface area (Å²) in [6.07, 6.45) is 0. The summed E-state index contributed by atoms with van der Waals surface area (Å²) in [7, 11) is 0. The predicted molar refractivity (Wildman–Crippen MR) is 85.6 cm³/mol. The van der Waals surface area contributed by atoms with Gasteiger partial charge in [0.2, 0.25) is 0 Å². The highest BCUT2D eigenvalue weighted by Crippen LogP contribution is 2.22. The van der Waals surface area contributed by atoms with Gasteiger partial charge in [0.15, 0.2) is 0 Å². The minimum atomic E-state index is -0.342. The second kappa shape index (κ2) is 5.87. The second-order valence-corrected chi connectivity index (χ2v) is 5.89. The summed E-state index contributed by atoms with van der Waals surface area (Å²) in [6.45, 7) is 0. The van der Waals surface area contributed by atoms with Gasteiger partial charge in [-0.3, -0.25) is 4.79 Å². The van der Waals surface area contributed by atoms with Crippen LogP contribution in [-0.4, -0.2) is 5.91 Å². The van der Waals surface area contributed by atoms with Crippen molar-refractivity contribution in [3.05, 3.63) is 55.8 Å². The topological polar surface area (TPSA) is 55.1 Å². The fraction of sp³-hybridized carbons (Fsp3) is 0. The lowest BCUT2D eigenvalue weighted by Crippen LogP contribution is -2.14. The maximum Gasteiger partial charge on any atom is 0.257 e. The molecule has 2 aromatic carbocycles. The summed E-state index contributed by atoms with van der Waals surface area (Å²) < 4.78 is 14.4. The highest BCUT2D eigenvalue weighted by molar-refractivity contribution is 14.1. The van der Waals surface area contributed by atoms with Crippen molar-refractivity contribution < 1.29 is 9.18 Å². The first-order chi connectivity index (χ1) is 8.97. The number of nitrogens with two attached hydrogens (primary N) is 1. The number of nitrogen functional groups attached to an aromatic ring is 1. The first-order valence-corrected chi connectivity index (χ1v) is 7.16. The van der Waals surface area contributed by atoms with Crippen molar-refractivity contribution in [2.24, 2.45) is 0 Å². The SMILES string of the molecule is Nc1cc(Br)ccc1C(=O)Nc1ccc(F)cc1I. The standard InChI is InChI=1S/C13H9BrFIN2O/c14-7-1-3-9(11(17)5-7)13(19)18-12-4-2-8(15)6-10(12)16/h1-6H,17H2,(H,18,19). The molecular weight excluding hydrogens is 426 g/mol. The molecular formula is C13H9BrFIN2O. The van der Waals surface area contributed by atoms with Crippen molar-refractivity contribution in [1.82, 2.24) is 0 Å². The number of rotatable bonds is 2. The van der Waals surface area contributed by atoms with E-state index in [-0.39, 0.29) is 11.7 Å². The van der Waals surface area contributed by atoms with Gasteiger partial charge in [0.25, 0.3) is 5.91 Å². The molecule has 19 heavy (non-hydrogen) atoms. The molecule has 0 radical (unpaired) electrons. The summed E-state index contributed by atoms with van der Waals surface area (Å²) in [6, 6.07) is 9.18. The minimum absolute atomic E-state index is 0.325. The molecule has 0 saturated heterocycles. The fourth-order valence-electron chi connectivity index (χ4n) is 1.52. The third-order valence-electron chi connectivity index (χ3n) is 2.44. The maximum absolute atomic E-state index is 13.0. The van der Waals surface area contributed by atoms with Crippen molar-refractivity contribution in [2.75, 3.05) is 11.1 Å². The molecule has 6 heteroatoms. The van der Waals surface area contributed by atoms with E-state index in [1.807, 2.05) is 22.6 Å². The average molecular weight is 435 g/mol. The van der Waals surface area contributed by atoms with E-state index in [0.717, 1.165) is 4.47 Å². The number of carbonyl (C=O) groups excluding carboxylic acids is 1. The second-order valence-electron chi connectivity index (χ2n) is 3.81. The van der Waals surface area contributed by atoms with Crippen molar-refractivity contribution in [1.29, 1.82) is 0 Å². The Hall–Kier alpha value is -1.15. The maximum atomic E-state index is 13.0. The highest BCUT2D eigenvalue weighted by Gasteiger charge is 2.12. The number of amides is 1. The van der Waals surface area contributed by atoms with E-state index >= 15 is 0 Å². The van der Waals surface area contributed by atoms with Crippen LogP contribution in [0.25, 0.3) is 0 Å². The number of halogens is 3. The van der Waals surface area contributed by atoms with Crippen molar-refractivity contribution >= 4 is 55.8 Å². The Kier molecular flexibility index (Phi) is 4.41. The molecule has 0 unspecified atom stereocenters. The van der Waals surface area contributed by atoms with Crippen LogP contribution in [0.1, 0.15) is 10.4 Å². The Bertz CT molecular complexity index is 649. The fourth-order valence-corrected chi connectivity index (χ4v) is 2.51. The van der Waals surface area contributed by atoms with Gasteiger partial charge in [-0.25, -0.2) is 4.39 Å². The van der Waals surface area contributed by atoms with Crippen LogP contribution in [0.15, 0.2) is 40.9 Å². The normalized spacial score (nSPS) is 10.3. The average Bonchev–Trinajstić information content (AvgIpc) is 2.32. The lowest BCUT2D eigenvalue weighted by molar-refractivity contribution is 0.102. The molecule has 2 aromatic rings. The van der Waals surface area contributed by atoms with E-state index in [9.17, 15) is 9.18 Å². The summed E-state index contributed by atoms with van der Waals surface area (Å²) >= 11 is 5.24. The van der Waals surface area contributed by atoms with E-state index in [4.69, 9.17) is 5.73 Å². The van der Waals surface area contributed by atoms with Gasteiger partial charge < -0.3 is 11.1 Å². The third kappa shape index (κ3) is 3.44. The van der Waals surface area contributed by atoms with Crippen molar-refractivity contribution in [2.45, 2.75) is 0 Å². The molecule has 0 bridgehead atoms. The van der Waals surface area contributed by atoms with Crippen LogP contribution in [0, 0.1) is 9.39 Å². The molecule has 0 aliphatic heterocycles. The first-order valence-electron chi connectivity index (χ1n) is 5.29. The van der Waals surface area contributed by atoms with E-state index in [1.165, 1.54) is 18.2 Å². The Morgan fingerprint density at radius 1 is 1.26 bits per heavy atom. The summed E-state index contributed by atoms with van der Waals surface area (Å²) in [5, 5.41) is 2.71. The molecule has 0 saturated carbocycles. The van der Waals surface area contributed by atoms with Gasteiger partial charge in [0.1, 0.15) is 5.82 Å². The zero-order valence-electron chi connectivity index (χ0n) is 9.58. The van der Waals surface area contributed by atoms with E-state index < -0.39 is 0 Å². The zero-order valence-corrected chi connectivity index (χ0v) is 13.3. The molecule has 98 valence electrons. The number of hydrogen-bond donors (Lipinski definition) is 2. The van der Waals surface area contributed by atoms with Gasteiger partial charge in [-0.1, -0.05) is 15.9 Å². The van der Waals surface area contributed by atoms with Crippen LogP contribution in [-0.2, 0) is 0 Å². The lowest BCUT2D eigenvalue weighted by atomic mass is 10.1. The van der Waals surface area contributed by atoms with Crippen LogP contribution in [0.3, 0.4) is 0 Å². The number of carbonyl (C=O) groups is 1. The third-order valence-corrected chi connectivity index (χ3v) is 3.82. The van der Waals surface area contributed by atoms with Gasteiger partial charge in [-0.05, 0) is 59.0 Å². The zero-order chi connectivity index (χ0) is 14.0. The minimum Gasteiger partial charge on any atom is -0.398 e. The Morgan fingerprint density at radius 2 is 2.00 bits per heavy atom. The van der Waals surface area contributed by atoms with Crippen molar-refractivity contribution in [3.63, 3.8) is 0 Å². The molecule has 2 rings (SSSR count). The Balaban J connectivity index is 2.25. The lowest BCUT2D eigenvalue weighted by Gasteiger charge is -2.09. The van der Waals surface area contributed by atoms with Crippen molar-refractivity contribution in [3.8, 4) is 0 Å². The van der Waals surface area contributed by atoms with Crippen LogP contribution < -0.4 is 11.1 Å². The molecule has 0 atom stereocenters. The van der Waals surface area contributed by atoms with Gasteiger partial charge in [-0.2, -0.15) is 0 Å². The van der Waals surface area contributed by atoms with E-state index in [1.54, 1.807) is 18.2 Å². The van der Waals surface area contributed by atoms with E-state index in [2.05, 4.69) is 21.2 Å². The smallest absolute Gasteiger partial charge is 0.257 e. The Labute approximate surface area is 131 Å². The number of hydrogen-bond acceptors (Lipinski definition) is 2. The molecule has 0 spiro atoms. The molecule has 0 aromatic heterocycles.